The molecule has 1 N–H and O–H groups in total. The van der Waals surface area contributed by atoms with Crippen LogP contribution in [0.15, 0.2) is 42.5 Å². The van der Waals surface area contributed by atoms with Crippen molar-refractivity contribution in [2.45, 2.75) is 31.9 Å². The lowest BCUT2D eigenvalue weighted by Crippen LogP contribution is -2.40. The number of nitrogens with one attached hydrogen (secondary N) is 1. The normalized spacial score (nSPS) is 28.0. The number of cyclic esters (lactones) is 1. The second-order valence-electron chi connectivity index (χ2n) is 5.67. The highest BCUT2D eigenvalue weighted by Crippen LogP contribution is 2.17. The fourth-order valence-electron chi connectivity index (χ4n) is 2.41. The molecule has 1 aliphatic heterocycles. The number of esters is 1. The molecular formula is C18H23NO4. The maximum absolute atomic E-state index is 12.4. The first-order valence-electron chi connectivity index (χ1n) is 7.81. The van der Waals surface area contributed by atoms with Gasteiger partial charge in [-0.25, -0.2) is 0 Å². The SMILES string of the molecule is CO[C@@H]1C/C=C\C[C@@H](C)C(=O)OC[C@@H](c2ccccc2)NC1=O. The van der Waals surface area contributed by atoms with E-state index in [2.05, 4.69) is 5.32 Å². The largest absolute Gasteiger partial charge is 0.463 e. The summed E-state index contributed by atoms with van der Waals surface area (Å²) >= 11 is 0. The Kier molecular flexibility index (Phi) is 6.35. The molecular weight excluding hydrogens is 294 g/mol. The first-order chi connectivity index (χ1) is 11.1. The zero-order valence-corrected chi connectivity index (χ0v) is 13.5. The van der Waals surface area contributed by atoms with Crippen molar-refractivity contribution in [1.29, 1.82) is 0 Å². The van der Waals surface area contributed by atoms with Gasteiger partial charge in [-0.3, -0.25) is 9.59 Å². The molecule has 0 spiro atoms. The van der Waals surface area contributed by atoms with E-state index in [1.165, 1.54) is 7.11 Å². The van der Waals surface area contributed by atoms with Gasteiger partial charge in [0, 0.05) is 13.5 Å². The highest BCUT2D eigenvalue weighted by molar-refractivity contribution is 5.81. The number of rotatable bonds is 2. The van der Waals surface area contributed by atoms with Gasteiger partial charge in [0.2, 0.25) is 5.91 Å². The van der Waals surface area contributed by atoms with Crippen LogP contribution >= 0.6 is 0 Å². The molecule has 0 fully saturated rings. The summed E-state index contributed by atoms with van der Waals surface area (Å²) < 4.78 is 10.7. The smallest absolute Gasteiger partial charge is 0.309 e. The van der Waals surface area contributed by atoms with Crippen molar-refractivity contribution in [3.63, 3.8) is 0 Å². The summed E-state index contributed by atoms with van der Waals surface area (Å²) in [6, 6.07) is 9.08. The van der Waals surface area contributed by atoms with Crippen LogP contribution in [0.25, 0.3) is 0 Å². The van der Waals surface area contributed by atoms with Crippen molar-refractivity contribution in [3.05, 3.63) is 48.0 Å². The molecule has 0 radical (unpaired) electrons. The predicted molar refractivity (Wildman–Crippen MR) is 86.6 cm³/mol. The summed E-state index contributed by atoms with van der Waals surface area (Å²) in [4.78, 5) is 24.4. The van der Waals surface area contributed by atoms with Crippen LogP contribution in [0, 0.1) is 5.92 Å². The van der Waals surface area contributed by atoms with E-state index in [0.717, 1.165) is 5.56 Å². The van der Waals surface area contributed by atoms with Crippen LogP contribution in [0.1, 0.15) is 31.4 Å². The number of ether oxygens (including phenoxy) is 2. The van der Waals surface area contributed by atoms with Gasteiger partial charge in [-0.1, -0.05) is 49.4 Å². The Balaban J connectivity index is 2.21. The molecule has 0 saturated heterocycles. The van der Waals surface area contributed by atoms with Gasteiger partial charge >= 0.3 is 5.97 Å². The van der Waals surface area contributed by atoms with Crippen LogP contribution in [0.2, 0.25) is 0 Å². The third-order valence-electron chi connectivity index (χ3n) is 3.90. The number of hydrogen-bond donors (Lipinski definition) is 1. The molecule has 1 aliphatic rings. The molecule has 0 bridgehead atoms. The zero-order valence-electron chi connectivity index (χ0n) is 13.5. The van der Waals surface area contributed by atoms with E-state index in [9.17, 15) is 9.59 Å². The second-order valence-corrected chi connectivity index (χ2v) is 5.67. The molecule has 5 nitrogen and oxygen atoms in total. The third-order valence-corrected chi connectivity index (χ3v) is 3.90. The standard InChI is InChI=1S/C18H23NO4/c1-13-8-6-7-11-16(22-2)17(20)19-15(12-23-18(13)21)14-9-4-3-5-10-14/h3-7,9-10,13,15-16H,8,11-12H2,1-2H3,(H,19,20)/b7-6-/t13-,15+,16-/m1/s1. The van der Waals surface area contributed by atoms with Gasteiger partial charge in [0.25, 0.3) is 0 Å². The van der Waals surface area contributed by atoms with Gasteiger partial charge in [0.1, 0.15) is 12.7 Å². The lowest BCUT2D eigenvalue weighted by Gasteiger charge is -2.23. The van der Waals surface area contributed by atoms with Crippen LogP contribution in [0.4, 0.5) is 0 Å². The average Bonchev–Trinajstić information content (AvgIpc) is 2.57. The van der Waals surface area contributed by atoms with Crippen LogP contribution in [-0.4, -0.2) is 31.7 Å². The van der Waals surface area contributed by atoms with Crippen LogP contribution in [0.3, 0.4) is 0 Å². The Labute approximate surface area is 136 Å². The number of amides is 1. The van der Waals surface area contributed by atoms with Gasteiger partial charge in [-0.2, -0.15) is 0 Å². The third kappa shape index (κ3) is 4.93. The predicted octanol–water partition coefficient (Wildman–Crippen LogP) is 2.39. The molecule has 0 saturated carbocycles. The molecule has 0 unspecified atom stereocenters. The molecule has 0 aromatic heterocycles. The Morgan fingerprint density at radius 1 is 1.13 bits per heavy atom. The summed E-state index contributed by atoms with van der Waals surface area (Å²) in [5, 5.41) is 2.91. The molecule has 1 amide bonds. The van der Waals surface area contributed by atoms with Crippen LogP contribution in [0.5, 0.6) is 0 Å². The molecule has 124 valence electrons. The number of methoxy groups -OCH3 is 1. The lowest BCUT2D eigenvalue weighted by atomic mass is 10.0. The van der Waals surface area contributed by atoms with Gasteiger partial charge in [-0.05, 0) is 12.0 Å². The highest BCUT2D eigenvalue weighted by atomic mass is 16.5. The van der Waals surface area contributed by atoms with Crippen molar-refractivity contribution in [3.8, 4) is 0 Å². The summed E-state index contributed by atoms with van der Waals surface area (Å²) in [6.07, 6.45) is 4.28. The van der Waals surface area contributed by atoms with Gasteiger partial charge in [-0.15, -0.1) is 0 Å². The molecule has 3 atom stereocenters. The zero-order chi connectivity index (χ0) is 16.7. The van der Waals surface area contributed by atoms with Crippen LogP contribution in [-0.2, 0) is 19.1 Å². The molecule has 1 heterocycles. The second kappa shape index (κ2) is 8.48. The van der Waals surface area contributed by atoms with Crippen molar-refractivity contribution in [2.24, 2.45) is 5.92 Å². The maximum atomic E-state index is 12.4. The van der Waals surface area contributed by atoms with Crippen molar-refractivity contribution in [2.75, 3.05) is 13.7 Å². The first kappa shape index (κ1) is 17.2. The minimum absolute atomic E-state index is 0.110. The van der Waals surface area contributed by atoms with Gasteiger partial charge in [0.15, 0.2) is 0 Å². The van der Waals surface area contributed by atoms with E-state index in [-0.39, 0.29) is 30.4 Å². The molecule has 1 aromatic rings. The quantitative estimate of drug-likeness (QED) is 0.672. The average molecular weight is 317 g/mol. The van der Waals surface area contributed by atoms with Crippen molar-refractivity contribution < 1.29 is 19.1 Å². The highest BCUT2D eigenvalue weighted by Gasteiger charge is 2.24. The number of hydrogen-bond acceptors (Lipinski definition) is 4. The first-order valence-corrected chi connectivity index (χ1v) is 7.81. The van der Waals surface area contributed by atoms with Gasteiger partial charge < -0.3 is 14.8 Å². The van der Waals surface area contributed by atoms with E-state index in [4.69, 9.17) is 9.47 Å². The molecule has 23 heavy (non-hydrogen) atoms. The maximum Gasteiger partial charge on any atom is 0.309 e. The number of benzene rings is 1. The lowest BCUT2D eigenvalue weighted by molar-refractivity contribution is -0.149. The molecule has 2 rings (SSSR count). The summed E-state index contributed by atoms with van der Waals surface area (Å²) in [6.45, 7) is 1.95. The van der Waals surface area contributed by atoms with E-state index in [1.54, 1.807) is 0 Å². The van der Waals surface area contributed by atoms with E-state index >= 15 is 0 Å². The fraction of sp³-hybridized carbons (Fsp3) is 0.444. The van der Waals surface area contributed by atoms with E-state index in [0.29, 0.717) is 12.8 Å². The Morgan fingerprint density at radius 3 is 2.52 bits per heavy atom. The number of allylic oxidation sites excluding steroid dienone is 1. The number of carbonyl (C=O) groups is 2. The Hall–Kier alpha value is -2.14. The Bertz CT molecular complexity index is 555. The Morgan fingerprint density at radius 2 is 1.83 bits per heavy atom. The van der Waals surface area contributed by atoms with Crippen molar-refractivity contribution in [1.82, 2.24) is 5.32 Å². The van der Waals surface area contributed by atoms with Crippen LogP contribution < -0.4 is 5.32 Å². The topological polar surface area (TPSA) is 64.6 Å². The number of carbonyl (C=O) groups excluding carboxylic acids is 2. The fourth-order valence-corrected chi connectivity index (χ4v) is 2.41. The molecule has 1 aromatic carbocycles. The minimum atomic E-state index is -0.553. The monoisotopic (exact) mass is 317 g/mol. The van der Waals surface area contributed by atoms with E-state index in [1.807, 2.05) is 49.4 Å². The molecule has 0 aliphatic carbocycles. The summed E-state index contributed by atoms with van der Waals surface area (Å²) in [5.74, 6) is -0.678. The minimum Gasteiger partial charge on any atom is -0.463 e. The van der Waals surface area contributed by atoms with Gasteiger partial charge in [0.05, 0.1) is 12.0 Å². The summed E-state index contributed by atoms with van der Waals surface area (Å²) in [7, 11) is 1.52. The molecule has 5 heteroatoms. The van der Waals surface area contributed by atoms with Crippen molar-refractivity contribution >= 4 is 11.9 Å². The van der Waals surface area contributed by atoms with E-state index < -0.39 is 6.10 Å². The summed E-state index contributed by atoms with van der Waals surface area (Å²) in [5.41, 5.74) is 0.892.